The van der Waals surface area contributed by atoms with Crippen molar-refractivity contribution in [2.45, 2.75) is 92.4 Å². The molecular formula is C22H50N4P2. The van der Waals surface area contributed by atoms with Crippen LogP contribution in [0.2, 0.25) is 0 Å². The van der Waals surface area contributed by atoms with Crippen molar-refractivity contribution in [3.05, 3.63) is 0 Å². The first kappa shape index (κ1) is 26.7. The zero-order chi connectivity index (χ0) is 21.1. The Hall–Kier alpha value is 0.700. The van der Waals surface area contributed by atoms with Crippen LogP contribution in [0.25, 0.3) is 0 Å². The molecule has 0 amide bonds. The average molecular weight is 433 g/mol. The van der Waals surface area contributed by atoms with Crippen LogP contribution in [0.1, 0.15) is 81.1 Å². The van der Waals surface area contributed by atoms with Crippen LogP contribution in [0, 0.1) is 0 Å². The Balaban J connectivity index is 3.36. The standard InChI is InChI=1S/C22H50N4P2/c1-9-23(10-2)27(24(11-3)12-4)21-19-17-18-20-22(21)28(25(13-5)14-6)26(15-7)16-8/h21-22H,9-20H2,1-8H3/t21-,22-/m1/s1. The summed E-state index contributed by atoms with van der Waals surface area (Å²) in [7, 11) is -0.436. The van der Waals surface area contributed by atoms with Crippen LogP contribution in [0.3, 0.4) is 0 Å². The van der Waals surface area contributed by atoms with Gasteiger partial charge in [0.15, 0.2) is 0 Å². The molecule has 1 saturated carbocycles. The maximum absolute atomic E-state index is 2.82. The molecule has 1 aliphatic carbocycles. The summed E-state index contributed by atoms with van der Waals surface area (Å²) in [6.45, 7) is 28.5. The van der Waals surface area contributed by atoms with Crippen molar-refractivity contribution < 1.29 is 0 Å². The summed E-state index contributed by atoms with van der Waals surface area (Å²) in [5.41, 5.74) is 1.71. The van der Waals surface area contributed by atoms with Crippen molar-refractivity contribution in [1.82, 2.24) is 18.7 Å². The maximum Gasteiger partial charge on any atom is 0.0434 e. The number of nitrogens with zero attached hydrogens (tertiary/aromatic N) is 4. The van der Waals surface area contributed by atoms with Gasteiger partial charge in [0.1, 0.15) is 0 Å². The molecule has 4 nitrogen and oxygen atoms in total. The van der Waals surface area contributed by atoms with E-state index in [4.69, 9.17) is 0 Å². The Morgan fingerprint density at radius 1 is 0.464 bits per heavy atom. The van der Waals surface area contributed by atoms with Gasteiger partial charge in [-0.05, 0) is 12.8 Å². The molecule has 2 atom stereocenters. The molecule has 0 aromatic rings. The van der Waals surface area contributed by atoms with Crippen molar-refractivity contribution in [2.75, 3.05) is 52.4 Å². The van der Waals surface area contributed by atoms with Crippen LogP contribution in [-0.4, -0.2) is 82.4 Å². The quantitative estimate of drug-likeness (QED) is 0.299. The fourth-order valence-corrected chi connectivity index (χ4v) is 12.0. The second-order valence-electron chi connectivity index (χ2n) is 7.62. The van der Waals surface area contributed by atoms with Gasteiger partial charge in [-0.15, -0.1) is 0 Å². The topological polar surface area (TPSA) is 13.0 Å². The zero-order valence-corrected chi connectivity index (χ0v) is 22.1. The molecule has 168 valence electrons. The lowest BCUT2D eigenvalue weighted by Crippen LogP contribution is -2.44. The largest absolute Gasteiger partial charge is 0.270 e. The van der Waals surface area contributed by atoms with E-state index in [0.29, 0.717) is 0 Å². The molecule has 0 saturated heterocycles. The summed E-state index contributed by atoms with van der Waals surface area (Å²) in [6, 6.07) is 0. The molecule has 1 rings (SSSR count). The average Bonchev–Trinajstić information content (AvgIpc) is 2.74. The van der Waals surface area contributed by atoms with Crippen LogP contribution in [0.15, 0.2) is 0 Å². The smallest absolute Gasteiger partial charge is 0.0434 e. The minimum absolute atomic E-state index is 0.218. The van der Waals surface area contributed by atoms with Gasteiger partial charge in [0, 0.05) is 80.1 Å². The third-order valence-electron chi connectivity index (χ3n) is 6.37. The van der Waals surface area contributed by atoms with Gasteiger partial charge in [0.05, 0.1) is 0 Å². The summed E-state index contributed by atoms with van der Waals surface area (Å²) in [5, 5.41) is 0. The van der Waals surface area contributed by atoms with Gasteiger partial charge in [-0.25, -0.2) is 0 Å². The fraction of sp³-hybridized carbons (Fsp3) is 1.00. The lowest BCUT2D eigenvalue weighted by atomic mass is 10.00. The van der Waals surface area contributed by atoms with Crippen molar-refractivity contribution in [3.63, 3.8) is 0 Å². The van der Waals surface area contributed by atoms with Crippen molar-refractivity contribution >= 4 is 16.4 Å². The molecule has 6 heteroatoms. The van der Waals surface area contributed by atoms with E-state index in [1.165, 1.54) is 78.0 Å². The second-order valence-corrected chi connectivity index (χ2v) is 12.5. The van der Waals surface area contributed by atoms with E-state index in [1.54, 1.807) is 0 Å². The van der Waals surface area contributed by atoms with Gasteiger partial charge >= 0.3 is 0 Å². The first-order valence-corrected chi connectivity index (χ1v) is 14.8. The second kappa shape index (κ2) is 14.7. The van der Waals surface area contributed by atoms with Gasteiger partial charge in [-0.2, -0.15) is 0 Å². The number of hydrogen-bond acceptors (Lipinski definition) is 4. The summed E-state index contributed by atoms with van der Waals surface area (Å²) < 4.78 is 11.3. The SMILES string of the molecule is CCN(CC)P([C@@H]1CCCC[C@H]1P(N(CC)CC)N(CC)CC)N(CC)CC. The minimum atomic E-state index is -0.218. The van der Waals surface area contributed by atoms with E-state index in [-0.39, 0.29) is 16.4 Å². The first-order chi connectivity index (χ1) is 13.6. The summed E-state index contributed by atoms with van der Waals surface area (Å²) >= 11 is 0. The Morgan fingerprint density at radius 3 is 0.857 bits per heavy atom. The van der Waals surface area contributed by atoms with E-state index < -0.39 is 0 Å². The van der Waals surface area contributed by atoms with Crippen molar-refractivity contribution in [3.8, 4) is 0 Å². The lowest BCUT2D eigenvalue weighted by molar-refractivity contribution is 0.373. The molecule has 0 spiro atoms. The van der Waals surface area contributed by atoms with Gasteiger partial charge < -0.3 is 0 Å². The summed E-state index contributed by atoms with van der Waals surface area (Å²) in [4.78, 5) is 0. The van der Waals surface area contributed by atoms with E-state index in [2.05, 4.69) is 74.1 Å². The van der Waals surface area contributed by atoms with Crippen LogP contribution >= 0.6 is 16.4 Å². The number of hydrogen-bond donors (Lipinski definition) is 0. The van der Waals surface area contributed by atoms with E-state index in [0.717, 1.165) is 11.3 Å². The predicted molar refractivity (Wildman–Crippen MR) is 132 cm³/mol. The van der Waals surface area contributed by atoms with E-state index in [1.807, 2.05) is 0 Å². The lowest BCUT2D eigenvalue weighted by Gasteiger charge is -2.52. The minimum Gasteiger partial charge on any atom is -0.270 e. The first-order valence-electron chi connectivity index (χ1n) is 12.2. The van der Waals surface area contributed by atoms with E-state index in [9.17, 15) is 0 Å². The van der Waals surface area contributed by atoms with Gasteiger partial charge in [-0.1, -0.05) is 68.2 Å². The van der Waals surface area contributed by atoms with Crippen LogP contribution in [0.5, 0.6) is 0 Å². The molecule has 1 fully saturated rings. The van der Waals surface area contributed by atoms with Crippen LogP contribution in [0.4, 0.5) is 0 Å². The Labute approximate surface area is 180 Å². The third kappa shape index (κ3) is 6.60. The highest BCUT2D eigenvalue weighted by Gasteiger charge is 2.43. The predicted octanol–water partition coefficient (Wildman–Crippen LogP) is 6.29. The zero-order valence-electron chi connectivity index (χ0n) is 20.3. The number of rotatable bonds is 14. The highest BCUT2D eigenvalue weighted by Crippen LogP contribution is 2.62. The molecule has 0 unspecified atom stereocenters. The monoisotopic (exact) mass is 432 g/mol. The molecule has 0 radical (unpaired) electrons. The van der Waals surface area contributed by atoms with Gasteiger partial charge in [-0.3, -0.25) is 18.7 Å². The van der Waals surface area contributed by atoms with Crippen LogP contribution < -0.4 is 0 Å². The molecule has 0 N–H and O–H groups in total. The van der Waals surface area contributed by atoms with Crippen molar-refractivity contribution in [2.24, 2.45) is 0 Å². The Bertz CT molecular complexity index is 323. The highest BCUT2D eigenvalue weighted by atomic mass is 31.1. The molecule has 0 aliphatic heterocycles. The van der Waals surface area contributed by atoms with Gasteiger partial charge in [0.25, 0.3) is 0 Å². The molecule has 0 bridgehead atoms. The summed E-state index contributed by atoms with van der Waals surface area (Å²) in [5.74, 6) is 0. The molecule has 0 aromatic heterocycles. The van der Waals surface area contributed by atoms with Crippen molar-refractivity contribution in [1.29, 1.82) is 0 Å². The fourth-order valence-electron chi connectivity index (χ4n) is 4.88. The maximum atomic E-state index is 2.82. The molecule has 1 aliphatic rings. The Kier molecular flexibility index (Phi) is 14.0. The highest BCUT2D eigenvalue weighted by molar-refractivity contribution is 7.58. The Morgan fingerprint density at radius 2 is 0.679 bits per heavy atom. The van der Waals surface area contributed by atoms with Gasteiger partial charge in [0.2, 0.25) is 0 Å². The normalized spacial score (nSPS) is 21.2. The molecular weight excluding hydrogens is 382 g/mol. The molecule has 28 heavy (non-hydrogen) atoms. The van der Waals surface area contributed by atoms with E-state index >= 15 is 0 Å². The molecule has 0 heterocycles. The molecule has 0 aromatic carbocycles. The summed E-state index contributed by atoms with van der Waals surface area (Å²) in [6.07, 6.45) is 5.74. The third-order valence-corrected chi connectivity index (χ3v) is 13.6. The van der Waals surface area contributed by atoms with Crippen LogP contribution in [-0.2, 0) is 0 Å².